The van der Waals surface area contributed by atoms with Gasteiger partial charge in [-0.3, -0.25) is 4.79 Å². The minimum Gasteiger partial charge on any atom is -0.378 e. The third kappa shape index (κ3) is 3.68. The molecular weight excluding hydrogens is 216 g/mol. The number of ether oxygens (including phenoxy) is 1. The van der Waals surface area contributed by atoms with Gasteiger partial charge in [-0.1, -0.05) is 20.8 Å². The molecule has 100 valence electrons. The first-order valence-electron chi connectivity index (χ1n) is 6.64. The number of hydrogen-bond acceptors (Lipinski definition) is 3. The lowest BCUT2D eigenvalue weighted by molar-refractivity contribution is -0.136. The zero-order chi connectivity index (χ0) is 12.9. The van der Waals surface area contributed by atoms with Crippen LogP contribution < -0.4 is 10.6 Å². The summed E-state index contributed by atoms with van der Waals surface area (Å²) in [5, 5.41) is 6.25. The van der Waals surface area contributed by atoms with Crippen molar-refractivity contribution in [1.29, 1.82) is 0 Å². The highest BCUT2D eigenvalue weighted by molar-refractivity contribution is 5.76. The van der Waals surface area contributed by atoms with Crippen LogP contribution in [0.1, 0.15) is 40.5 Å². The highest BCUT2D eigenvalue weighted by Gasteiger charge is 2.49. The van der Waals surface area contributed by atoms with Gasteiger partial charge in [0.25, 0.3) is 0 Å². The summed E-state index contributed by atoms with van der Waals surface area (Å²) < 4.78 is 5.64. The van der Waals surface area contributed by atoms with E-state index < -0.39 is 0 Å². The standard InChI is InChI=1S/C13H26N2O2/c1-5-14-8-7-12(16)15-10-9-11(17-6-2)13(10,3)4/h10-11,14H,5-9H2,1-4H3,(H,15,16). The maximum absolute atomic E-state index is 11.7. The fourth-order valence-electron chi connectivity index (χ4n) is 2.26. The van der Waals surface area contributed by atoms with E-state index in [2.05, 4.69) is 24.5 Å². The Kier molecular flexibility index (Phi) is 5.40. The van der Waals surface area contributed by atoms with Crippen molar-refractivity contribution >= 4 is 5.91 Å². The van der Waals surface area contributed by atoms with Crippen molar-refractivity contribution in [3.8, 4) is 0 Å². The normalized spacial score (nSPS) is 26.4. The van der Waals surface area contributed by atoms with Gasteiger partial charge in [-0.05, 0) is 19.9 Å². The Morgan fingerprint density at radius 2 is 2.12 bits per heavy atom. The molecule has 0 aliphatic heterocycles. The third-order valence-electron chi connectivity index (χ3n) is 3.66. The predicted octanol–water partition coefficient (Wildman–Crippen LogP) is 1.31. The number of carbonyl (C=O) groups excluding carboxylic acids is 1. The fraction of sp³-hybridized carbons (Fsp3) is 0.923. The van der Waals surface area contributed by atoms with Gasteiger partial charge in [0.05, 0.1) is 6.10 Å². The second-order valence-corrected chi connectivity index (χ2v) is 5.22. The molecule has 1 aliphatic carbocycles. The van der Waals surface area contributed by atoms with Gasteiger partial charge in [0.2, 0.25) is 5.91 Å². The Morgan fingerprint density at radius 1 is 1.41 bits per heavy atom. The summed E-state index contributed by atoms with van der Waals surface area (Å²) >= 11 is 0. The molecule has 1 aliphatic rings. The quantitative estimate of drug-likeness (QED) is 0.662. The van der Waals surface area contributed by atoms with Crippen molar-refractivity contribution < 1.29 is 9.53 Å². The third-order valence-corrected chi connectivity index (χ3v) is 3.66. The summed E-state index contributed by atoms with van der Waals surface area (Å²) in [5.74, 6) is 0.138. The molecule has 4 nitrogen and oxygen atoms in total. The monoisotopic (exact) mass is 242 g/mol. The molecule has 4 heteroatoms. The second-order valence-electron chi connectivity index (χ2n) is 5.22. The first-order chi connectivity index (χ1) is 8.02. The molecule has 0 saturated heterocycles. The van der Waals surface area contributed by atoms with Crippen molar-refractivity contribution in [2.24, 2.45) is 5.41 Å². The Bertz CT molecular complexity index is 254. The fourth-order valence-corrected chi connectivity index (χ4v) is 2.26. The Labute approximate surface area is 104 Å². The van der Waals surface area contributed by atoms with E-state index in [1.165, 1.54) is 0 Å². The van der Waals surface area contributed by atoms with E-state index in [1.807, 2.05) is 13.8 Å². The van der Waals surface area contributed by atoms with Crippen LogP contribution in [0.5, 0.6) is 0 Å². The van der Waals surface area contributed by atoms with Crippen molar-refractivity contribution in [2.75, 3.05) is 19.7 Å². The van der Waals surface area contributed by atoms with Crippen LogP contribution in [0.25, 0.3) is 0 Å². The first kappa shape index (κ1) is 14.5. The molecule has 2 N–H and O–H groups in total. The number of carbonyl (C=O) groups is 1. The van der Waals surface area contributed by atoms with Gasteiger partial charge in [0.15, 0.2) is 0 Å². The molecule has 0 aromatic carbocycles. The van der Waals surface area contributed by atoms with E-state index in [4.69, 9.17) is 4.74 Å². The van der Waals surface area contributed by atoms with Crippen LogP contribution in [0.2, 0.25) is 0 Å². The van der Waals surface area contributed by atoms with Gasteiger partial charge in [-0.25, -0.2) is 0 Å². The highest BCUT2D eigenvalue weighted by atomic mass is 16.5. The largest absolute Gasteiger partial charge is 0.378 e. The van der Waals surface area contributed by atoms with Crippen LogP contribution in [-0.2, 0) is 9.53 Å². The van der Waals surface area contributed by atoms with Gasteiger partial charge < -0.3 is 15.4 Å². The van der Waals surface area contributed by atoms with Crippen molar-refractivity contribution in [1.82, 2.24) is 10.6 Å². The SMILES string of the molecule is CCNCCC(=O)NC1CC(OCC)C1(C)C. The molecule has 2 atom stereocenters. The molecule has 2 unspecified atom stereocenters. The van der Waals surface area contributed by atoms with Crippen molar-refractivity contribution in [3.05, 3.63) is 0 Å². The van der Waals surface area contributed by atoms with Gasteiger partial charge in [-0.15, -0.1) is 0 Å². The van der Waals surface area contributed by atoms with E-state index in [0.717, 1.165) is 26.1 Å². The molecule has 1 amide bonds. The summed E-state index contributed by atoms with van der Waals surface area (Å²) in [6.07, 6.45) is 1.78. The molecule has 1 fully saturated rings. The maximum Gasteiger partial charge on any atom is 0.221 e. The van der Waals surface area contributed by atoms with Crippen molar-refractivity contribution in [2.45, 2.75) is 52.7 Å². The lowest BCUT2D eigenvalue weighted by atomic mass is 9.64. The Balaban J connectivity index is 2.27. The molecule has 0 bridgehead atoms. The molecule has 0 aromatic heterocycles. The first-order valence-corrected chi connectivity index (χ1v) is 6.64. The van der Waals surface area contributed by atoms with Crippen LogP contribution in [-0.4, -0.2) is 37.7 Å². The number of rotatable bonds is 7. The zero-order valence-corrected chi connectivity index (χ0v) is 11.5. The van der Waals surface area contributed by atoms with Gasteiger partial charge >= 0.3 is 0 Å². The maximum atomic E-state index is 11.7. The molecule has 0 heterocycles. The molecular formula is C13H26N2O2. The highest BCUT2D eigenvalue weighted by Crippen LogP contribution is 2.42. The van der Waals surface area contributed by atoms with Crippen LogP contribution in [0.4, 0.5) is 0 Å². The second kappa shape index (κ2) is 6.36. The number of amides is 1. The molecule has 0 radical (unpaired) electrons. The lowest BCUT2D eigenvalue weighted by Gasteiger charge is -2.51. The van der Waals surface area contributed by atoms with Crippen LogP contribution in [0, 0.1) is 5.41 Å². The predicted molar refractivity (Wildman–Crippen MR) is 68.9 cm³/mol. The summed E-state index contributed by atoms with van der Waals surface area (Å²) in [7, 11) is 0. The summed E-state index contributed by atoms with van der Waals surface area (Å²) in [6, 6.07) is 0.258. The van der Waals surface area contributed by atoms with E-state index >= 15 is 0 Å². The number of hydrogen-bond donors (Lipinski definition) is 2. The summed E-state index contributed by atoms with van der Waals surface area (Å²) in [5.41, 5.74) is 0.0594. The average molecular weight is 242 g/mol. The Hall–Kier alpha value is -0.610. The molecule has 1 rings (SSSR count). The molecule has 0 aromatic rings. The van der Waals surface area contributed by atoms with E-state index in [9.17, 15) is 4.79 Å². The minimum atomic E-state index is 0.0594. The Morgan fingerprint density at radius 3 is 2.65 bits per heavy atom. The summed E-state index contributed by atoms with van der Waals surface area (Å²) in [6.45, 7) is 10.8. The average Bonchev–Trinajstić information content (AvgIpc) is 2.28. The van der Waals surface area contributed by atoms with E-state index in [1.54, 1.807) is 0 Å². The van der Waals surface area contributed by atoms with Gasteiger partial charge in [0, 0.05) is 31.0 Å². The van der Waals surface area contributed by atoms with E-state index in [-0.39, 0.29) is 23.5 Å². The summed E-state index contributed by atoms with van der Waals surface area (Å²) in [4.78, 5) is 11.7. The molecule has 17 heavy (non-hydrogen) atoms. The van der Waals surface area contributed by atoms with Gasteiger partial charge in [-0.2, -0.15) is 0 Å². The topological polar surface area (TPSA) is 50.4 Å². The lowest BCUT2D eigenvalue weighted by Crippen LogP contribution is -2.62. The smallest absolute Gasteiger partial charge is 0.221 e. The van der Waals surface area contributed by atoms with Crippen molar-refractivity contribution in [3.63, 3.8) is 0 Å². The zero-order valence-electron chi connectivity index (χ0n) is 11.5. The van der Waals surface area contributed by atoms with Gasteiger partial charge in [0.1, 0.15) is 0 Å². The van der Waals surface area contributed by atoms with Crippen LogP contribution in [0.3, 0.4) is 0 Å². The molecule has 1 saturated carbocycles. The van der Waals surface area contributed by atoms with E-state index in [0.29, 0.717) is 6.42 Å². The van der Waals surface area contributed by atoms with Crippen LogP contribution in [0.15, 0.2) is 0 Å². The molecule has 0 spiro atoms. The minimum absolute atomic E-state index is 0.0594. The van der Waals surface area contributed by atoms with Crippen LogP contribution >= 0.6 is 0 Å². The number of nitrogens with one attached hydrogen (secondary N) is 2.